The van der Waals surface area contributed by atoms with Crippen molar-refractivity contribution in [1.82, 2.24) is 25.3 Å². The maximum absolute atomic E-state index is 12.7. The smallest absolute Gasteiger partial charge is 0.253 e. The minimum absolute atomic E-state index is 0.149. The molecule has 4 aromatic rings. The van der Waals surface area contributed by atoms with Gasteiger partial charge in [-0.25, -0.2) is 19.9 Å². The summed E-state index contributed by atoms with van der Waals surface area (Å²) < 4.78 is 0. The first-order valence-corrected chi connectivity index (χ1v) is 8.70. The average molecular weight is 349 g/mol. The molecule has 1 N–H and O–H groups in total. The fourth-order valence-electron chi connectivity index (χ4n) is 2.88. The summed E-state index contributed by atoms with van der Waals surface area (Å²) >= 11 is 1.46. The van der Waals surface area contributed by atoms with E-state index in [0.29, 0.717) is 17.9 Å². The van der Waals surface area contributed by atoms with Crippen LogP contribution in [0.15, 0.2) is 36.0 Å². The second-order valence-corrected chi connectivity index (χ2v) is 6.56. The number of thiophene rings is 1. The minimum atomic E-state index is -0.149. The predicted molar refractivity (Wildman–Crippen MR) is 97.6 cm³/mol. The molecule has 0 aliphatic heterocycles. The molecule has 4 rings (SSSR count). The highest BCUT2D eigenvalue weighted by Crippen LogP contribution is 2.26. The Morgan fingerprint density at radius 2 is 2.00 bits per heavy atom. The molecule has 3 aromatic heterocycles. The second-order valence-electron chi connectivity index (χ2n) is 5.71. The van der Waals surface area contributed by atoms with Gasteiger partial charge in [-0.2, -0.15) is 0 Å². The van der Waals surface area contributed by atoms with Crippen LogP contribution < -0.4 is 5.32 Å². The molecular weight excluding hydrogens is 334 g/mol. The van der Waals surface area contributed by atoms with E-state index in [-0.39, 0.29) is 5.91 Å². The highest BCUT2D eigenvalue weighted by Gasteiger charge is 2.16. The van der Waals surface area contributed by atoms with Crippen LogP contribution in [0.1, 0.15) is 27.6 Å². The number of fused-ring (bicyclic) bond motifs is 2. The standard InChI is InChI=1S/C18H15N5OS/c1-10-16-13(8-25-18(16)23-11(2)22-10)17(24)19-7-15-12-5-3-4-6-14(12)20-9-21-15/h3-6,8-9H,7H2,1-2H3,(H,19,24). The van der Waals surface area contributed by atoms with Crippen molar-refractivity contribution < 1.29 is 4.79 Å². The van der Waals surface area contributed by atoms with Gasteiger partial charge < -0.3 is 5.32 Å². The van der Waals surface area contributed by atoms with Gasteiger partial charge in [-0.15, -0.1) is 11.3 Å². The number of hydrogen-bond donors (Lipinski definition) is 1. The highest BCUT2D eigenvalue weighted by atomic mass is 32.1. The Labute approximate surface area is 148 Å². The number of amides is 1. The molecule has 0 atom stereocenters. The maximum Gasteiger partial charge on any atom is 0.253 e. The Hall–Kier alpha value is -2.93. The molecule has 0 fully saturated rings. The Morgan fingerprint density at radius 1 is 1.16 bits per heavy atom. The van der Waals surface area contributed by atoms with Gasteiger partial charge in [0.15, 0.2) is 0 Å². The second kappa shape index (κ2) is 6.18. The van der Waals surface area contributed by atoms with Gasteiger partial charge >= 0.3 is 0 Å². The van der Waals surface area contributed by atoms with E-state index >= 15 is 0 Å². The van der Waals surface area contributed by atoms with E-state index in [0.717, 1.165) is 32.5 Å². The zero-order valence-electron chi connectivity index (χ0n) is 13.8. The van der Waals surface area contributed by atoms with E-state index in [1.807, 2.05) is 43.5 Å². The zero-order chi connectivity index (χ0) is 17.4. The number of carbonyl (C=O) groups is 1. The molecule has 6 nitrogen and oxygen atoms in total. The summed E-state index contributed by atoms with van der Waals surface area (Å²) in [4.78, 5) is 30.8. The van der Waals surface area contributed by atoms with Crippen molar-refractivity contribution in [3.8, 4) is 0 Å². The summed E-state index contributed by atoms with van der Waals surface area (Å²) in [5.41, 5.74) is 3.09. The molecule has 0 aliphatic carbocycles. The number of para-hydroxylation sites is 1. The lowest BCUT2D eigenvalue weighted by Crippen LogP contribution is -2.23. The van der Waals surface area contributed by atoms with E-state index in [1.54, 1.807) is 0 Å². The first-order valence-electron chi connectivity index (χ1n) is 7.83. The van der Waals surface area contributed by atoms with Crippen molar-refractivity contribution in [1.29, 1.82) is 0 Å². The molecule has 3 heterocycles. The van der Waals surface area contributed by atoms with Crippen LogP contribution in [0.2, 0.25) is 0 Å². The summed E-state index contributed by atoms with van der Waals surface area (Å²) in [6.45, 7) is 4.09. The average Bonchev–Trinajstić information content (AvgIpc) is 3.04. The van der Waals surface area contributed by atoms with Crippen LogP contribution >= 0.6 is 11.3 Å². The largest absolute Gasteiger partial charge is 0.346 e. The van der Waals surface area contributed by atoms with Crippen molar-refractivity contribution in [2.24, 2.45) is 0 Å². The molecule has 1 amide bonds. The van der Waals surface area contributed by atoms with Crippen molar-refractivity contribution >= 4 is 38.4 Å². The summed E-state index contributed by atoms with van der Waals surface area (Å²) in [5, 5.41) is 6.54. The number of nitrogens with one attached hydrogen (secondary N) is 1. The molecule has 1 aromatic carbocycles. The van der Waals surface area contributed by atoms with Crippen LogP contribution in [0.25, 0.3) is 21.1 Å². The van der Waals surface area contributed by atoms with E-state index in [4.69, 9.17) is 0 Å². The molecule has 0 saturated carbocycles. The van der Waals surface area contributed by atoms with E-state index in [9.17, 15) is 4.79 Å². The number of hydrogen-bond acceptors (Lipinski definition) is 6. The van der Waals surface area contributed by atoms with E-state index in [1.165, 1.54) is 17.7 Å². The number of aromatic nitrogens is 4. The monoisotopic (exact) mass is 349 g/mol. The first-order chi connectivity index (χ1) is 12.1. The Bertz CT molecular complexity index is 1100. The lowest BCUT2D eigenvalue weighted by Gasteiger charge is -2.07. The van der Waals surface area contributed by atoms with Gasteiger partial charge in [0.1, 0.15) is 17.0 Å². The molecule has 0 bridgehead atoms. The fraction of sp³-hybridized carbons (Fsp3) is 0.167. The predicted octanol–water partition coefficient (Wildman–Crippen LogP) is 3.18. The Morgan fingerprint density at radius 3 is 2.88 bits per heavy atom. The first kappa shape index (κ1) is 15.6. The van der Waals surface area contributed by atoms with Gasteiger partial charge in [-0.05, 0) is 19.9 Å². The molecule has 124 valence electrons. The van der Waals surface area contributed by atoms with Gasteiger partial charge in [0.2, 0.25) is 0 Å². The number of carbonyl (C=O) groups excluding carboxylic acids is 1. The van der Waals surface area contributed by atoms with Crippen LogP contribution in [0.3, 0.4) is 0 Å². The number of aryl methyl sites for hydroxylation is 2. The number of nitrogens with zero attached hydrogens (tertiary/aromatic N) is 4. The third-order valence-electron chi connectivity index (χ3n) is 4.01. The summed E-state index contributed by atoms with van der Waals surface area (Å²) in [7, 11) is 0. The Kier molecular flexibility index (Phi) is 3.85. The van der Waals surface area contributed by atoms with Gasteiger partial charge in [-0.3, -0.25) is 4.79 Å². The van der Waals surface area contributed by atoms with Crippen molar-refractivity contribution in [3.05, 3.63) is 58.7 Å². The molecule has 7 heteroatoms. The normalized spacial score (nSPS) is 11.1. The highest BCUT2D eigenvalue weighted by molar-refractivity contribution is 7.17. The minimum Gasteiger partial charge on any atom is -0.346 e. The van der Waals surface area contributed by atoms with Crippen LogP contribution in [0.5, 0.6) is 0 Å². The molecule has 0 saturated heterocycles. The van der Waals surface area contributed by atoms with Gasteiger partial charge in [0, 0.05) is 16.2 Å². The van der Waals surface area contributed by atoms with Crippen molar-refractivity contribution in [3.63, 3.8) is 0 Å². The lowest BCUT2D eigenvalue weighted by atomic mass is 10.1. The zero-order valence-corrected chi connectivity index (χ0v) is 14.6. The van der Waals surface area contributed by atoms with E-state index in [2.05, 4.69) is 25.3 Å². The number of rotatable bonds is 3. The van der Waals surface area contributed by atoms with Crippen LogP contribution in [0, 0.1) is 13.8 Å². The topological polar surface area (TPSA) is 80.7 Å². The van der Waals surface area contributed by atoms with Gasteiger partial charge in [-0.1, -0.05) is 18.2 Å². The van der Waals surface area contributed by atoms with Gasteiger partial charge in [0.25, 0.3) is 5.91 Å². The summed E-state index contributed by atoms with van der Waals surface area (Å²) in [6, 6.07) is 7.75. The molecular formula is C18H15N5OS. The molecule has 0 unspecified atom stereocenters. The van der Waals surface area contributed by atoms with Crippen molar-refractivity contribution in [2.45, 2.75) is 20.4 Å². The maximum atomic E-state index is 12.7. The summed E-state index contributed by atoms with van der Waals surface area (Å²) in [5.74, 6) is 0.566. The van der Waals surface area contributed by atoms with Crippen LogP contribution in [-0.2, 0) is 6.54 Å². The van der Waals surface area contributed by atoms with Crippen LogP contribution in [0.4, 0.5) is 0 Å². The van der Waals surface area contributed by atoms with Crippen LogP contribution in [-0.4, -0.2) is 25.8 Å². The third-order valence-corrected chi connectivity index (χ3v) is 4.88. The van der Waals surface area contributed by atoms with Gasteiger partial charge in [0.05, 0.1) is 29.0 Å². The summed E-state index contributed by atoms with van der Waals surface area (Å²) in [6.07, 6.45) is 1.52. The molecule has 0 aliphatic rings. The molecule has 0 spiro atoms. The Balaban J connectivity index is 1.63. The number of benzene rings is 1. The van der Waals surface area contributed by atoms with E-state index < -0.39 is 0 Å². The molecule has 0 radical (unpaired) electrons. The fourth-order valence-corrected chi connectivity index (χ4v) is 3.89. The third kappa shape index (κ3) is 2.83. The lowest BCUT2D eigenvalue weighted by molar-refractivity contribution is 0.0952. The quantitative estimate of drug-likeness (QED) is 0.614. The van der Waals surface area contributed by atoms with Crippen molar-refractivity contribution in [2.75, 3.05) is 0 Å². The molecule has 25 heavy (non-hydrogen) atoms. The SMILES string of the molecule is Cc1nc(C)c2c(C(=O)NCc3ncnc4ccccc34)csc2n1.